The van der Waals surface area contributed by atoms with Gasteiger partial charge < -0.3 is 10.2 Å². The van der Waals surface area contributed by atoms with Crippen molar-refractivity contribution < 1.29 is 34.2 Å². The molecule has 2 heterocycles. The summed E-state index contributed by atoms with van der Waals surface area (Å²) in [7, 11) is 0. The molecule has 3 amide bonds. The lowest BCUT2D eigenvalue weighted by Crippen LogP contribution is -2.45. The first-order valence-corrected chi connectivity index (χ1v) is 7.05. The summed E-state index contributed by atoms with van der Waals surface area (Å²) < 4.78 is 0. The molecule has 10 heteroatoms. The zero-order chi connectivity index (χ0) is 19.0. The van der Waals surface area contributed by atoms with E-state index in [9.17, 15) is 24.0 Å². The summed E-state index contributed by atoms with van der Waals surface area (Å²) in [6, 6.07) is 4.33. The van der Waals surface area contributed by atoms with Crippen LogP contribution in [0.2, 0.25) is 0 Å². The van der Waals surface area contributed by atoms with Crippen molar-refractivity contribution in [2.75, 3.05) is 0 Å². The van der Waals surface area contributed by atoms with E-state index in [4.69, 9.17) is 10.2 Å². The van der Waals surface area contributed by atoms with Crippen molar-refractivity contribution in [3.05, 3.63) is 64.5 Å². The maximum Gasteiger partial charge on any atom is 0.336 e. The van der Waals surface area contributed by atoms with E-state index in [0.29, 0.717) is 5.01 Å². The Morgan fingerprint density at radius 2 is 1.35 bits per heavy atom. The summed E-state index contributed by atoms with van der Waals surface area (Å²) in [5.74, 6) is -5.83. The number of hydrogen-bond acceptors (Lipinski definition) is 6. The average molecular weight is 355 g/mol. The summed E-state index contributed by atoms with van der Waals surface area (Å²) in [5, 5.41) is 18.6. The molecule has 0 atom stereocenters. The van der Waals surface area contributed by atoms with Crippen LogP contribution in [0.4, 0.5) is 0 Å². The normalized spacial score (nSPS) is 12.7. The van der Waals surface area contributed by atoms with Crippen molar-refractivity contribution in [1.29, 1.82) is 0 Å². The van der Waals surface area contributed by atoms with Crippen LogP contribution in [0.15, 0.2) is 36.7 Å². The predicted octanol–water partition coefficient (Wildman–Crippen LogP) is 0.419. The van der Waals surface area contributed by atoms with E-state index in [-0.39, 0.29) is 16.7 Å². The second-order valence-corrected chi connectivity index (χ2v) is 5.18. The summed E-state index contributed by atoms with van der Waals surface area (Å²) >= 11 is 0. The fourth-order valence-electron chi connectivity index (χ4n) is 2.41. The summed E-state index contributed by atoms with van der Waals surface area (Å²) in [5.41, 5.74) is 0.342. The maximum absolute atomic E-state index is 12.4. The van der Waals surface area contributed by atoms with E-state index in [2.05, 4.69) is 10.4 Å². The molecule has 3 rings (SSSR count). The van der Waals surface area contributed by atoms with Crippen LogP contribution in [0, 0.1) is 0 Å². The zero-order valence-electron chi connectivity index (χ0n) is 12.8. The summed E-state index contributed by atoms with van der Waals surface area (Å²) in [4.78, 5) is 63.0. The SMILES string of the molecule is O=C(NN1C(=O)c2cc(C(=O)O)c(C(=O)O)cc2C1=O)c1ccncc1. The number of amides is 3. The number of imide groups is 1. The van der Waals surface area contributed by atoms with Gasteiger partial charge in [0.05, 0.1) is 22.3 Å². The molecular weight excluding hydrogens is 346 g/mol. The van der Waals surface area contributed by atoms with Crippen molar-refractivity contribution in [3.8, 4) is 0 Å². The van der Waals surface area contributed by atoms with Crippen LogP contribution in [0.25, 0.3) is 0 Å². The largest absolute Gasteiger partial charge is 0.478 e. The number of carbonyl (C=O) groups excluding carboxylic acids is 3. The number of hydrogen-bond donors (Lipinski definition) is 3. The van der Waals surface area contributed by atoms with Crippen LogP contribution in [-0.2, 0) is 0 Å². The van der Waals surface area contributed by atoms with Gasteiger partial charge in [-0.3, -0.25) is 24.8 Å². The highest BCUT2D eigenvalue weighted by molar-refractivity contribution is 6.23. The summed E-state index contributed by atoms with van der Waals surface area (Å²) in [6.07, 6.45) is 2.69. The lowest BCUT2D eigenvalue weighted by Gasteiger charge is -2.14. The van der Waals surface area contributed by atoms with Gasteiger partial charge in [0, 0.05) is 18.0 Å². The van der Waals surface area contributed by atoms with E-state index in [1.165, 1.54) is 24.5 Å². The Hall–Kier alpha value is -4.08. The quantitative estimate of drug-likeness (QED) is 0.667. The van der Waals surface area contributed by atoms with Gasteiger partial charge in [-0.2, -0.15) is 5.01 Å². The molecule has 0 spiro atoms. The fourth-order valence-corrected chi connectivity index (χ4v) is 2.41. The number of rotatable bonds is 4. The van der Waals surface area contributed by atoms with Gasteiger partial charge in [-0.1, -0.05) is 0 Å². The van der Waals surface area contributed by atoms with Gasteiger partial charge in [0.1, 0.15) is 0 Å². The standard InChI is InChI=1S/C16H9N3O7/c20-12(7-1-3-17-4-2-7)18-19-13(21)8-5-10(15(23)24)11(16(25)26)6-9(8)14(19)22/h1-6H,(H,18,20)(H,23,24)(H,25,26). The number of pyridine rings is 1. The number of carboxylic acids is 2. The molecule has 10 nitrogen and oxygen atoms in total. The fraction of sp³-hybridized carbons (Fsp3) is 0. The Labute approximate surface area is 144 Å². The molecule has 1 aromatic carbocycles. The van der Waals surface area contributed by atoms with Gasteiger partial charge in [0.15, 0.2) is 0 Å². The number of benzene rings is 1. The first kappa shape index (κ1) is 16.8. The lowest BCUT2D eigenvalue weighted by molar-refractivity contribution is 0.0518. The Bertz CT molecular complexity index is 932. The van der Waals surface area contributed by atoms with E-state index >= 15 is 0 Å². The molecule has 1 aliphatic rings. The number of carbonyl (C=O) groups is 5. The van der Waals surface area contributed by atoms with Gasteiger partial charge in [-0.05, 0) is 24.3 Å². The maximum atomic E-state index is 12.4. The molecule has 130 valence electrons. The number of aromatic carboxylic acids is 2. The number of nitrogens with zero attached hydrogens (tertiary/aromatic N) is 2. The zero-order valence-corrected chi connectivity index (χ0v) is 12.8. The molecule has 0 saturated heterocycles. The smallest absolute Gasteiger partial charge is 0.336 e. The number of nitrogens with one attached hydrogen (secondary N) is 1. The molecule has 2 aromatic rings. The Kier molecular flexibility index (Phi) is 3.93. The van der Waals surface area contributed by atoms with Crippen LogP contribution in [0.5, 0.6) is 0 Å². The minimum Gasteiger partial charge on any atom is -0.478 e. The van der Waals surface area contributed by atoms with E-state index < -0.39 is 40.8 Å². The molecule has 1 aromatic heterocycles. The molecule has 26 heavy (non-hydrogen) atoms. The topological polar surface area (TPSA) is 154 Å². The van der Waals surface area contributed by atoms with Crippen LogP contribution in [0.1, 0.15) is 51.8 Å². The molecule has 3 N–H and O–H groups in total. The minimum atomic E-state index is -1.57. The molecular formula is C16H9N3O7. The van der Waals surface area contributed by atoms with Gasteiger partial charge in [-0.25, -0.2) is 9.59 Å². The number of carboxylic acid groups (broad SMARTS) is 2. The average Bonchev–Trinajstić information content (AvgIpc) is 2.85. The van der Waals surface area contributed by atoms with E-state index in [1.807, 2.05) is 0 Å². The van der Waals surface area contributed by atoms with Crippen LogP contribution in [0.3, 0.4) is 0 Å². The van der Waals surface area contributed by atoms with Crippen LogP contribution >= 0.6 is 0 Å². The molecule has 0 fully saturated rings. The number of fused-ring (bicyclic) bond motifs is 1. The van der Waals surface area contributed by atoms with Gasteiger partial charge in [0.25, 0.3) is 17.7 Å². The monoisotopic (exact) mass is 355 g/mol. The molecule has 0 saturated carbocycles. The second-order valence-electron chi connectivity index (χ2n) is 5.18. The number of hydrazine groups is 1. The van der Waals surface area contributed by atoms with Crippen LogP contribution < -0.4 is 5.43 Å². The minimum absolute atomic E-state index is 0.133. The van der Waals surface area contributed by atoms with Crippen molar-refractivity contribution in [1.82, 2.24) is 15.4 Å². The lowest BCUT2D eigenvalue weighted by atomic mass is 9.99. The van der Waals surface area contributed by atoms with Gasteiger partial charge in [0.2, 0.25) is 0 Å². The highest BCUT2D eigenvalue weighted by atomic mass is 16.4. The summed E-state index contributed by atoms with van der Waals surface area (Å²) in [6.45, 7) is 0. The van der Waals surface area contributed by atoms with Gasteiger partial charge in [-0.15, -0.1) is 0 Å². The molecule has 0 unspecified atom stereocenters. The molecule has 0 aliphatic carbocycles. The van der Waals surface area contributed by atoms with E-state index in [1.54, 1.807) is 0 Å². The van der Waals surface area contributed by atoms with Crippen LogP contribution in [-0.4, -0.2) is 49.9 Å². The Morgan fingerprint density at radius 1 is 0.885 bits per heavy atom. The first-order valence-electron chi connectivity index (χ1n) is 7.05. The molecule has 0 bridgehead atoms. The molecule has 1 aliphatic heterocycles. The first-order chi connectivity index (χ1) is 12.3. The Balaban J connectivity index is 1.98. The van der Waals surface area contributed by atoms with E-state index in [0.717, 1.165) is 12.1 Å². The third kappa shape index (κ3) is 2.65. The van der Waals surface area contributed by atoms with Crippen molar-refractivity contribution >= 4 is 29.7 Å². The highest BCUT2D eigenvalue weighted by Gasteiger charge is 2.39. The number of aromatic nitrogens is 1. The second kappa shape index (κ2) is 6.09. The van der Waals surface area contributed by atoms with Crippen molar-refractivity contribution in [3.63, 3.8) is 0 Å². The molecule has 0 radical (unpaired) electrons. The van der Waals surface area contributed by atoms with Crippen molar-refractivity contribution in [2.45, 2.75) is 0 Å². The highest BCUT2D eigenvalue weighted by Crippen LogP contribution is 2.26. The third-order valence-electron chi connectivity index (χ3n) is 3.64. The third-order valence-corrected chi connectivity index (χ3v) is 3.64. The Morgan fingerprint density at radius 3 is 1.77 bits per heavy atom. The van der Waals surface area contributed by atoms with Gasteiger partial charge >= 0.3 is 11.9 Å². The van der Waals surface area contributed by atoms with Crippen molar-refractivity contribution in [2.24, 2.45) is 0 Å². The predicted molar refractivity (Wildman–Crippen MR) is 82.6 cm³/mol.